The molecule has 0 bridgehead atoms. The molecule has 4 heteroatoms. The quantitative estimate of drug-likeness (QED) is 0.750. The van der Waals surface area contributed by atoms with Gasteiger partial charge in [-0.15, -0.1) is 0 Å². The average molecular weight is 242 g/mol. The van der Waals surface area contributed by atoms with Crippen LogP contribution < -0.4 is 0 Å². The Morgan fingerprint density at radius 3 is 2.67 bits per heavy atom. The third-order valence-corrected chi connectivity index (χ3v) is 2.88. The molecule has 0 aliphatic rings. The SMILES string of the molecule is Oc1cccc2cnc(Cc3ccc(F)cc3)n12. The second-order valence-corrected chi connectivity index (χ2v) is 4.12. The van der Waals surface area contributed by atoms with E-state index in [2.05, 4.69) is 4.98 Å². The molecule has 0 radical (unpaired) electrons. The molecular formula is C14H11FN2O. The zero-order chi connectivity index (χ0) is 12.5. The van der Waals surface area contributed by atoms with E-state index in [-0.39, 0.29) is 11.7 Å². The van der Waals surface area contributed by atoms with E-state index in [1.54, 1.807) is 34.9 Å². The summed E-state index contributed by atoms with van der Waals surface area (Å²) >= 11 is 0. The summed E-state index contributed by atoms with van der Waals surface area (Å²) in [6.45, 7) is 0. The van der Waals surface area contributed by atoms with Crippen molar-refractivity contribution in [2.45, 2.75) is 6.42 Å². The van der Waals surface area contributed by atoms with E-state index in [1.807, 2.05) is 6.07 Å². The highest BCUT2D eigenvalue weighted by Crippen LogP contribution is 2.18. The van der Waals surface area contributed by atoms with E-state index in [1.165, 1.54) is 12.1 Å². The van der Waals surface area contributed by atoms with Gasteiger partial charge in [-0.3, -0.25) is 4.40 Å². The van der Waals surface area contributed by atoms with E-state index in [4.69, 9.17) is 0 Å². The van der Waals surface area contributed by atoms with Crippen LogP contribution in [0.3, 0.4) is 0 Å². The maximum Gasteiger partial charge on any atom is 0.197 e. The van der Waals surface area contributed by atoms with Crippen molar-refractivity contribution >= 4 is 5.52 Å². The van der Waals surface area contributed by atoms with Crippen LogP contribution in [0.5, 0.6) is 5.88 Å². The molecule has 2 heterocycles. The Morgan fingerprint density at radius 2 is 1.89 bits per heavy atom. The average Bonchev–Trinajstić information content (AvgIpc) is 2.77. The second-order valence-electron chi connectivity index (χ2n) is 4.12. The normalized spacial score (nSPS) is 10.9. The van der Waals surface area contributed by atoms with Crippen molar-refractivity contribution < 1.29 is 9.50 Å². The molecule has 2 aromatic heterocycles. The van der Waals surface area contributed by atoms with Crippen LogP contribution in [0.15, 0.2) is 48.7 Å². The number of benzene rings is 1. The number of fused-ring (bicyclic) bond motifs is 1. The van der Waals surface area contributed by atoms with E-state index >= 15 is 0 Å². The van der Waals surface area contributed by atoms with Gasteiger partial charge in [0.2, 0.25) is 0 Å². The molecule has 0 fully saturated rings. The first-order chi connectivity index (χ1) is 8.74. The summed E-state index contributed by atoms with van der Waals surface area (Å²) in [7, 11) is 0. The van der Waals surface area contributed by atoms with Crippen LogP contribution in [0.2, 0.25) is 0 Å². The lowest BCUT2D eigenvalue weighted by molar-refractivity contribution is 0.443. The largest absolute Gasteiger partial charge is 0.494 e. The third kappa shape index (κ3) is 1.82. The van der Waals surface area contributed by atoms with Crippen molar-refractivity contribution in [1.82, 2.24) is 9.38 Å². The van der Waals surface area contributed by atoms with Crippen LogP contribution >= 0.6 is 0 Å². The minimum absolute atomic E-state index is 0.155. The van der Waals surface area contributed by atoms with E-state index in [0.717, 1.165) is 16.9 Å². The fourth-order valence-corrected chi connectivity index (χ4v) is 2.00. The molecule has 0 amide bonds. The molecule has 0 saturated carbocycles. The Bertz CT molecular complexity index is 689. The summed E-state index contributed by atoms with van der Waals surface area (Å²) in [4.78, 5) is 4.28. The standard InChI is InChI=1S/C14H11FN2O/c15-11-6-4-10(5-7-11)8-13-16-9-12-2-1-3-14(18)17(12)13/h1-7,9,18H,8H2. The number of rotatable bonds is 2. The van der Waals surface area contributed by atoms with Crippen LogP contribution in [-0.2, 0) is 6.42 Å². The number of aromatic hydroxyl groups is 1. The molecule has 0 saturated heterocycles. The second kappa shape index (κ2) is 4.14. The van der Waals surface area contributed by atoms with Crippen molar-refractivity contribution in [1.29, 1.82) is 0 Å². The van der Waals surface area contributed by atoms with Crippen LogP contribution in [0.25, 0.3) is 5.52 Å². The topological polar surface area (TPSA) is 37.5 Å². The van der Waals surface area contributed by atoms with Gasteiger partial charge in [-0.25, -0.2) is 9.37 Å². The van der Waals surface area contributed by atoms with Crippen molar-refractivity contribution in [3.8, 4) is 5.88 Å². The lowest BCUT2D eigenvalue weighted by Crippen LogP contribution is -1.97. The van der Waals surface area contributed by atoms with Gasteiger partial charge in [-0.05, 0) is 29.8 Å². The number of pyridine rings is 1. The summed E-state index contributed by atoms with van der Waals surface area (Å²) in [6.07, 6.45) is 2.25. The summed E-state index contributed by atoms with van der Waals surface area (Å²) in [5.74, 6) is 0.631. The Balaban J connectivity index is 2.02. The molecule has 0 spiro atoms. The summed E-state index contributed by atoms with van der Waals surface area (Å²) < 4.78 is 14.5. The van der Waals surface area contributed by atoms with Crippen LogP contribution in [0.1, 0.15) is 11.4 Å². The molecule has 0 aliphatic heterocycles. The first kappa shape index (κ1) is 10.8. The van der Waals surface area contributed by atoms with E-state index in [9.17, 15) is 9.50 Å². The molecule has 18 heavy (non-hydrogen) atoms. The molecule has 0 unspecified atom stereocenters. The van der Waals surface area contributed by atoms with Crippen molar-refractivity contribution in [2.75, 3.05) is 0 Å². The Hall–Kier alpha value is -2.36. The van der Waals surface area contributed by atoms with Gasteiger partial charge in [0, 0.05) is 6.42 Å². The van der Waals surface area contributed by atoms with Gasteiger partial charge in [0.05, 0.1) is 11.7 Å². The minimum Gasteiger partial charge on any atom is -0.494 e. The van der Waals surface area contributed by atoms with Crippen molar-refractivity contribution in [3.63, 3.8) is 0 Å². The molecular weight excluding hydrogens is 231 g/mol. The zero-order valence-electron chi connectivity index (χ0n) is 9.55. The molecule has 0 aliphatic carbocycles. The van der Waals surface area contributed by atoms with Gasteiger partial charge in [0.25, 0.3) is 0 Å². The lowest BCUT2D eigenvalue weighted by atomic mass is 10.1. The number of aromatic nitrogens is 2. The molecule has 1 aromatic carbocycles. The van der Waals surface area contributed by atoms with Gasteiger partial charge in [0.1, 0.15) is 11.6 Å². The molecule has 3 nitrogen and oxygen atoms in total. The molecule has 1 N–H and O–H groups in total. The first-order valence-corrected chi connectivity index (χ1v) is 5.63. The zero-order valence-corrected chi connectivity index (χ0v) is 9.55. The van der Waals surface area contributed by atoms with Gasteiger partial charge in [-0.2, -0.15) is 0 Å². The fraction of sp³-hybridized carbons (Fsp3) is 0.0714. The minimum atomic E-state index is -0.255. The maximum atomic E-state index is 12.8. The highest BCUT2D eigenvalue weighted by molar-refractivity contribution is 5.49. The fourth-order valence-electron chi connectivity index (χ4n) is 2.00. The molecule has 0 atom stereocenters. The predicted molar refractivity (Wildman–Crippen MR) is 66.1 cm³/mol. The van der Waals surface area contributed by atoms with E-state index < -0.39 is 0 Å². The van der Waals surface area contributed by atoms with Gasteiger partial charge < -0.3 is 5.11 Å². The predicted octanol–water partition coefficient (Wildman–Crippen LogP) is 2.77. The summed E-state index contributed by atoms with van der Waals surface area (Å²) in [5.41, 5.74) is 1.79. The van der Waals surface area contributed by atoms with Gasteiger partial charge in [-0.1, -0.05) is 18.2 Å². The number of hydrogen-bond acceptors (Lipinski definition) is 2. The molecule has 3 aromatic rings. The Labute approximate surface area is 103 Å². The third-order valence-electron chi connectivity index (χ3n) is 2.88. The van der Waals surface area contributed by atoms with Crippen LogP contribution in [0, 0.1) is 5.82 Å². The Kier molecular flexibility index (Phi) is 2.48. The number of nitrogens with zero attached hydrogens (tertiary/aromatic N) is 2. The van der Waals surface area contributed by atoms with Crippen molar-refractivity contribution in [2.24, 2.45) is 0 Å². The summed E-state index contributed by atoms with van der Waals surface area (Å²) in [5, 5.41) is 9.83. The van der Waals surface area contributed by atoms with Crippen molar-refractivity contribution in [3.05, 3.63) is 65.9 Å². The van der Waals surface area contributed by atoms with Crippen LogP contribution in [0.4, 0.5) is 4.39 Å². The maximum absolute atomic E-state index is 12.8. The first-order valence-electron chi connectivity index (χ1n) is 5.63. The Morgan fingerprint density at radius 1 is 1.11 bits per heavy atom. The highest BCUT2D eigenvalue weighted by atomic mass is 19.1. The number of imidazole rings is 1. The highest BCUT2D eigenvalue weighted by Gasteiger charge is 2.07. The van der Waals surface area contributed by atoms with Gasteiger partial charge in [0.15, 0.2) is 5.88 Å². The lowest BCUT2D eigenvalue weighted by Gasteiger charge is -2.04. The van der Waals surface area contributed by atoms with E-state index in [0.29, 0.717) is 6.42 Å². The molecule has 3 rings (SSSR count). The monoisotopic (exact) mass is 242 g/mol. The van der Waals surface area contributed by atoms with Crippen LogP contribution in [-0.4, -0.2) is 14.5 Å². The summed E-state index contributed by atoms with van der Waals surface area (Å²) in [6, 6.07) is 11.5. The van der Waals surface area contributed by atoms with Gasteiger partial charge >= 0.3 is 0 Å². The number of halogens is 1. The number of hydrogen-bond donors (Lipinski definition) is 1. The molecule has 90 valence electrons. The smallest absolute Gasteiger partial charge is 0.197 e.